The number of hydrogen-bond donors (Lipinski definition) is 1. The third kappa shape index (κ3) is 2.65. The molecule has 0 aliphatic carbocycles. The van der Waals surface area contributed by atoms with E-state index in [1.807, 2.05) is 31.2 Å². The van der Waals surface area contributed by atoms with Crippen molar-refractivity contribution in [3.63, 3.8) is 0 Å². The first kappa shape index (κ1) is 14.8. The number of benzene rings is 1. The molecular formula is C16H12ClNO3S. The zero-order valence-electron chi connectivity index (χ0n) is 11.7. The van der Waals surface area contributed by atoms with Crippen LogP contribution < -0.4 is 0 Å². The van der Waals surface area contributed by atoms with Crippen molar-refractivity contribution < 1.29 is 14.6 Å². The van der Waals surface area contributed by atoms with Gasteiger partial charge in [-0.05, 0) is 19.1 Å². The van der Waals surface area contributed by atoms with Crippen LogP contribution in [0.3, 0.4) is 0 Å². The van der Waals surface area contributed by atoms with Crippen LogP contribution in [-0.2, 0) is 9.53 Å². The largest absolute Gasteiger partial charge is 0.478 e. The van der Waals surface area contributed by atoms with E-state index < -0.39 is 5.97 Å². The third-order valence-corrected chi connectivity index (χ3v) is 4.44. The van der Waals surface area contributed by atoms with E-state index in [2.05, 4.69) is 4.99 Å². The molecule has 0 bridgehead atoms. The minimum atomic E-state index is -1.01. The Balaban J connectivity index is 2.33. The van der Waals surface area contributed by atoms with Crippen molar-refractivity contribution in [3.05, 3.63) is 56.7 Å². The zero-order chi connectivity index (χ0) is 15.7. The number of para-hydroxylation sites is 1. The lowest BCUT2D eigenvalue weighted by atomic mass is 10.0. The Bertz CT molecular complexity index is 807. The number of halogens is 1. The molecule has 2 heterocycles. The molecule has 1 aromatic heterocycles. The fourth-order valence-electron chi connectivity index (χ4n) is 2.32. The lowest BCUT2D eigenvalue weighted by Gasteiger charge is -2.06. The van der Waals surface area contributed by atoms with E-state index in [-0.39, 0.29) is 0 Å². The summed E-state index contributed by atoms with van der Waals surface area (Å²) in [6.07, 6.45) is 1.19. The molecule has 112 valence electrons. The zero-order valence-corrected chi connectivity index (χ0v) is 13.2. The monoisotopic (exact) mass is 333 g/mol. The predicted octanol–water partition coefficient (Wildman–Crippen LogP) is 4.35. The first-order chi connectivity index (χ1) is 10.6. The van der Waals surface area contributed by atoms with Crippen LogP contribution in [0.1, 0.15) is 22.9 Å². The predicted molar refractivity (Wildman–Crippen MR) is 88.3 cm³/mol. The average Bonchev–Trinajstić information content (AvgIpc) is 2.82. The molecule has 0 fully saturated rings. The number of hydrogen-bond acceptors (Lipinski definition) is 4. The number of rotatable bonds is 2. The molecule has 1 aliphatic heterocycles. The SMILES string of the molecule is CCOC1=Nc2ccccc2C(=CC(=O)O)c2sc(Cl)cc21. The lowest BCUT2D eigenvalue weighted by molar-refractivity contribution is -0.131. The van der Waals surface area contributed by atoms with E-state index in [9.17, 15) is 9.90 Å². The molecule has 0 saturated carbocycles. The van der Waals surface area contributed by atoms with Crippen molar-refractivity contribution in [3.8, 4) is 0 Å². The molecule has 22 heavy (non-hydrogen) atoms. The molecule has 4 nitrogen and oxygen atoms in total. The van der Waals surface area contributed by atoms with Crippen LogP contribution in [0, 0.1) is 0 Å². The maximum absolute atomic E-state index is 11.2. The topological polar surface area (TPSA) is 58.9 Å². The highest BCUT2D eigenvalue weighted by Crippen LogP contribution is 2.42. The van der Waals surface area contributed by atoms with Crippen LogP contribution in [0.4, 0.5) is 5.69 Å². The number of nitrogens with zero attached hydrogens (tertiary/aromatic N) is 1. The van der Waals surface area contributed by atoms with Crippen molar-refractivity contribution in [2.75, 3.05) is 6.61 Å². The van der Waals surface area contributed by atoms with Gasteiger partial charge in [-0.1, -0.05) is 29.8 Å². The summed E-state index contributed by atoms with van der Waals surface area (Å²) in [5, 5.41) is 9.21. The van der Waals surface area contributed by atoms with Crippen LogP contribution in [-0.4, -0.2) is 23.6 Å². The van der Waals surface area contributed by atoms with Gasteiger partial charge >= 0.3 is 5.97 Å². The van der Waals surface area contributed by atoms with Crippen LogP contribution in [0.2, 0.25) is 4.34 Å². The second-order valence-electron chi connectivity index (χ2n) is 4.56. The van der Waals surface area contributed by atoms with Crippen LogP contribution >= 0.6 is 22.9 Å². The highest BCUT2D eigenvalue weighted by molar-refractivity contribution is 7.17. The Hall–Kier alpha value is -2.11. The normalized spacial score (nSPS) is 14.8. The Morgan fingerprint density at radius 1 is 1.41 bits per heavy atom. The second-order valence-corrected chi connectivity index (χ2v) is 6.24. The van der Waals surface area contributed by atoms with Crippen molar-refractivity contribution in [2.24, 2.45) is 4.99 Å². The van der Waals surface area contributed by atoms with Gasteiger partial charge in [0, 0.05) is 22.1 Å². The van der Waals surface area contributed by atoms with Gasteiger partial charge in [0.1, 0.15) is 0 Å². The minimum Gasteiger partial charge on any atom is -0.478 e. The summed E-state index contributed by atoms with van der Waals surface area (Å²) in [5.74, 6) is -0.554. The van der Waals surface area contributed by atoms with Gasteiger partial charge in [-0.3, -0.25) is 0 Å². The average molecular weight is 334 g/mol. The van der Waals surface area contributed by atoms with Gasteiger partial charge in [0.25, 0.3) is 0 Å². The van der Waals surface area contributed by atoms with Gasteiger partial charge in [-0.25, -0.2) is 9.79 Å². The van der Waals surface area contributed by atoms with Crippen LogP contribution in [0.15, 0.2) is 41.4 Å². The van der Waals surface area contributed by atoms with Crippen molar-refractivity contribution in [1.82, 2.24) is 0 Å². The van der Waals surface area contributed by atoms with Crippen LogP contribution in [0.5, 0.6) is 0 Å². The molecule has 1 aliphatic rings. The molecule has 3 rings (SSSR count). The second kappa shape index (κ2) is 5.94. The van der Waals surface area contributed by atoms with Crippen LogP contribution in [0.25, 0.3) is 5.57 Å². The smallest absolute Gasteiger partial charge is 0.328 e. The number of thiophene rings is 1. The number of aliphatic imine (C=N–C) groups is 1. The fourth-order valence-corrected chi connectivity index (χ4v) is 3.57. The molecule has 1 aromatic carbocycles. The molecule has 0 unspecified atom stereocenters. The number of fused-ring (bicyclic) bond motifs is 2. The van der Waals surface area contributed by atoms with Crippen molar-refractivity contribution >= 4 is 46.1 Å². The van der Waals surface area contributed by atoms with E-state index in [1.54, 1.807) is 6.07 Å². The summed E-state index contributed by atoms with van der Waals surface area (Å²) in [7, 11) is 0. The highest BCUT2D eigenvalue weighted by atomic mass is 35.5. The minimum absolute atomic E-state index is 0.460. The number of carbonyl (C=O) groups is 1. The number of carboxylic acid groups (broad SMARTS) is 1. The van der Waals surface area contributed by atoms with E-state index in [1.165, 1.54) is 17.4 Å². The first-order valence-corrected chi connectivity index (χ1v) is 7.85. The van der Waals surface area contributed by atoms with Gasteiger partial charge in [0.05, 0.1) is 22.2 Å². The summed E-state index contributed by atoms with van der Waals surface area (Å²) in [6.45, 7) is 2.34. The fraction of sp³-hybridized carbons (Fsp3) is 0.125. The summed E-state index contributed by atoms with van der Waals surface area (Å²) in [6, 6.07) is 9.15. The standard InChI is InChI=1S/C16H12ClNO3S/c1-2-21-16-11-7-13(17)22-15(11)10(8-14(19)20)9-5-3-4-6-12(9)18-16/h3-8H,2H2,1H3,(H,19,20). The first-order valence-electron chi connectivity index (χ1n) is 6.65. The van der Waals surface area contributed by atoms with Crippen molar-refractivity contribution in [1.29, 1.82) is 0 Å². The quantitative estimate of drug-likeness (QED) is 0.831. The summed E-state index contributed by atoms with van der Waals surface area (Å²) in [4.78, 5) is 16.5. The Morgan fingerprint density at radius 3 is 2.91 bits per heavy atom. The summed E-state index contributed by atoms with van der Waals surface area (Å²) in [5.41, 5.74) is 2.74. The number of carboxylic acids is 1. The van der Waals surface area contributed by atoms with Gasteiger partial charge in [-0.15, -0.1) is 11.3 Å². The maximum Gasteiger partial charge on any atom is 0.328 e. The lowest BCUT2D eigenvalue weighted by Crippen LogP contribution is -2.06. The van der Waals surface area contributed by atoms with E-state index in [4.69, 9.17) is 16.3 Å². The molecule has 1 N–H and O–H groups in total. The molecule has 6 heteroatoms. The molecular weight excluding hydrogens is 322 g/mol. The third-order valence-electron chi connectivity index (χ3n) is 3.14. The highest BCUT2D eigenvalue weighted by Gasteiger charge is 2.25. The molecule has 0 amide bonds. The maximum atomic E-state index is 11.2. The van der Waals surface area contributed by atoms with Gasteiger partial charge in [0.15, 0.2) is 0 Å². The van der Waals surface area contributed by atoms with E-state index in [0.717, 1.165) is 16.0 Å². The van der Waals surface area contributed by atoms with E-state index >= 15 is 0 Å². The summed E-state index contributed by atoms with van der Waals surface area (Å²) < 4.78 is 6.20. The van der Waals surface area contributed by atoms with Gasteiger partial charge < -0.3 is 9.84 Å². The summed E-state index contributed by atoms with van der Waals surface area (Å²) >= 11 is 7.45. The van der Waals surface area contributed by atoms with E-state index in [0.29, 0.717) is 28.1 Å². The number of ether oxygens (including phenoxy) is 1. The van der Waals surface area contributed by atoms with Gasteiger partial charge in [0.2, 0.25) is 5.90 Å². The Morgan fingerprint density at radius 2 is 2.18 bits per heavy atom. The molecule has 0 spiro atoms. The van der Waals surface area contributed by atoms with Crippen molar-refractivity contribution in [2.45, 2.75) is 6.92 Å². The number of aliphatic carboxylic acids is 1. The molecule has 0 saturated heterocycles. The molecule has 2 aromatic rings. The Labute approximate surface area is 136 Å². The Kier molecular flexibility index (Phi) is 4.00. The molecule has 0 atom stereocenters. The molecule has 0 radical (unpaired) electrons. The van der Waals surface area contributed by atoms with Gasteiger partial charge in [-0.2, -0.15) is 0 Å².